The van der Waals surface area contributed by atoms with Gasteiger partial charge in [0.25, 0.3) is 6.43 Å². The monoisotopic (exact) mass is 497 g/mol. The van der Waals surface area contributed by atoms with Gasteiger partial charge in [-0.2, -0.15) is 5.10 Å². The molecule has 0 aromatic carbocycles. The van der Waals surface area contributed by atoms with E-state index in [0.717, 1.165) is 37.9 Å². The standard InChI is InChI=1S/C25H41F2N5O3/c1-18-16-21(28-32(18)20-6-10-29(11-7-20)23(33)35-24(2,3)4)31-13-12-30(17-25(31,5)22(26)27)19-8-14-34-15-9-19/h16,19-20,22H,6-15,17H2,1-5H3/t25-/m0/s1. The molecule has 4 rings (SSSR count). The highest BCUT2D eigenvalue weighted by Gasteiger charge is 2.47. The van der Waals surface area contributed by atoms with Crippen molar-refractivity contribution in [2.24, 2.45) is 0 Å². The van der Waals surface area contributed by atoms with Crippen molar-refractivity contribution in [3.8, 4) is 0 Å². The number of carbonyl (C=O) groups is 1. The smallest absolute Gasteiger partial charge is 0.410 e. The first-order valence-electron chi connectivity index (χ1n) is 12.9. The molecule has 8 nitrogen and oxygen atoms in total. The summed E-state index contributed by atoms with van der Waals surface area (Å²) in [7, 11) is 0. The van der Waals surface area contributed by atoms with E-state index >= 15 is 0 Å². The molecule has 1 aromatic heterocycles. The summed E-state index contributed by atoms with van der Waals surface area (Å²) >= 11 is 0. The molecule has 1 aromatic rings. The fourth-order valence-electron chi connectivity index (χ4n) is 5.58. The first-order chi connectivity index (χ1) is 16.5. The van der Waals surface area contributed by atoms with Crippen LogP contribution in [0.15, 0.2) is 6.07 Å². The van der Waals surface area contributed by atoms with Gasteiger partial charge in [-0.05, 0) is 60.3 Å². The van der Waals surface area contributed by atoms with Crippen LogP contribution in [0.4, 0.5) is 19.4 Å². The Kier molecular flexibility index (Phi) is 7.62. The van der Waals surface area contributed by atoms with Crippen LogP contribution in [0.25, 0.3) is 0 Å². The summed E-state index contributed by atoms with van der Waals surface area (Å²) < 4.78 is 41.9. The Morgan fingerprint density at radius 1 is 1.11 bits per heavy atom. The van der Waals surface area contributed by atoms with Crippen LogP contribution in [0.2, 0.25) is 0 Å². The number of hydrogen-bond donors (Lipinski definition) is 0. The van der Waals surface area contributed by atoms with E-state index in [-0.39, 0.29) is 12.1 Å². The largest absolute Gasteiger partial charge is 0.444 e. The highest BCUT2D eigenvalue weighted by atomic mass is 19.3. The van der Waals surface area contributed by atoms with Crippen molar-refractivity contribution >= 4 is 11.9 Å². The minimum absolute atomic E-state index is 0.128. The van der Waals surface area contributed by atoms with Gasteiger partial charge in [0.2, 0.25) is 0 Å². The number of halogens is 2. The summed E-state index contributed by atoms with van der Waals surface area (Å²) in [5.41, 5.74) is -0.866. The molecule has 3 fully saturated rings. The van der Waals surface area contributed by atoms with Crippen LogP contribution >= 0.6 is 0 Å². The third-order valence-electron chi connectivity index (χ3n) is 7.58. The predicted molar refractivity (Wildman–Crippen MR) is 130 cm³/mol. The minimum atomic E-state index is -2.49. The quantitative estimate of drug-likeness (QED) is 0.625. The van der Waals surface area contributed by atoms with Crippen LogP contribution in [-0.4, -0.2) is 95.2 Å². The van der Waals surface area contributed by atoms with Gasteiger partial charge in [0, 0.05) is 63.7 Å². The molecule has 3 aliphatic heterocycles. The highest BCUT2D eigenvalue weighted by Crippen LogP contribution is 2.35. The van der Waals surface area contributed by atoms with Crippen LogP contribution in [0.1, 0.15) is 65.1 Å². The Balaban J connectivity index is 1.44. The van der Waals surface area contributed by atoms with E-state index in [1.54, 1.807) is 11.8 Å². The van der Waals surface area contributed by atoms with Crippen molar-refractivity contribution in [2.75, 3.05) is 50.8 Å². The average Bonchev–Trinajstić information content (AvgIpc) is 3.19. The molecule has 3 saturated heterocycles. The van der Waals surface area contributed by atoms with Gasteiger partial charge in [0.05, 0.1) is 6.04 Å². The lowest BCUT2D eigenvalue weighted by Gasteiger charge is -2.51. The molecule has 0 bridgehead atoms. The second kappa shape index (κ2) is 10.2. The summed E-state index contributed by atoms with van der Waals surface area (Å²) in [6, 6.07) is 2.37. The van der Waals surface area contributed by atoms with Crippen molar-refractivity contribution in [1.29, 1.82) is 0 Å². The van der Waals surface area contributed by atoms with Crippen LogP contribution in [0.3, 0.4) is 0 Å². The number of rotatable bonds is 4. The summed E-state index contributed by atoms with van der Waals surface area (Å²) in [5, 5.41) is 4.84. The molecule has 0 saturated carbocycles. The molecule has 3 aliphatic rings. The van der Waals surface area contributed by atoms with E-state index in [4.69, 9.17) is 14.6 Å². The van der Waals surface area contributed by atoms with Gasteiger partial charge in [0.1, 0.15) is 11.1 Å². The highest BCUT2D eigenvalue weighted by molar-refractivity contribution is 5.68. The molecule has 1 atom stereocenters. The Labute approximate surface area is 207 Å². The van der Waals surface area contributed by atoms with Gasteiger partial charge >= 0.3 is 6.09 Å². The zero-order chi connectivity index (χ0) is 25.4. The molecule has 1 amide bonds. The number of alkyl halides is 2. The maximum Gasteiger partial charge on any atom is 0.410 e. The minimum Gasteiger partial charge on any atom is -0.444 e. The molecule has 4 heterocycles. The number of ether oxygens (including phenoxy) is 2. The second-order valence-electron chi connectivity index (χ2n) is 11.4. The van der Waals surface area contributed by atoms with Gasteiger partial charge < -0.3 is 19.3 Å². The van der Waals surface area contributed by atoms with Crippen LogP contribution < -0.4 is 4.90 Å². The zero-order valence-electron chi connectivity index (χ0n) is 21.8. The van der Waals surface area contributed by atoms with E-state index in [1.807, 2.05) is 43.3 Å². The molecular weight excluding hydrogens is 456 g/mol. The maximum atomic E-state index is 14.5. The SMILES string of the molecule is Cc1cc(N2CCN(C3CCOCC3)C[C@@]2(C)C(F)F)nn1C1CCN(C(=O)OC(C)(C)C)CC1. The molecule has 0 spiro atoms. The van der Waals surface area contributed by atoms with Crippen LogP contribution in [-0.2, 0) is 9.47 Å². The van der Waals surface area contributed by atoms with Crippen LogP contribution in [0.5, 0.6) is 0 Å². The third kappa shape index (κ3) is 5.74. The molecule has 198 valence electrons. The number of nitrogens with zero attached hydrogens (tertiary/aromatic N) is 5. The lowest BCUT2D eigenvalue weighted by molar-refractivity contribution is -0.0196. The van der Waals surface area contributed by atoms with Crippen molar-refractivity contribution in [1.82, 2.24) is 19.6 Å². The van der Waals surface area contributed by atoms with Crippen LogP contribution in [0, 0.1) is 6.92 Å². The van der Waals surface area contributed by atoms with Gasteiger partial charge in [-0.3, -0.25) is 9.58 Å². The van der Waals surface area contributed by atoms with Gasteiger partial charge in [0.15, 0.2) is 5.82 Å². The molecule has 10 heteroatoms. The lowest BCUT2D eigenvalue weighted by atomic mass is 9.93. The molecule has 0 N–H and O–H groups in total. The topological polar surface area (TPSA) is 63.1 Å². The molecular formula is C25H41F2N5O3. The van der Waals surface area contributed by atoms with Crippen molar-refractivity contribution in [3.63, 3.8) is 0 Å². The molecule has 0 unspecified atom stereocenters. The second-order valence-corrected chi connectivity index (χ2v) is 11.4. The number of anilines is 1. The van der Waals surface area contributed by atoms with Gasteiger partial charge in [-0.25, -0.2) is 13.6 Å². The number of amides is 1. The maximum absolute atomic E-state index is 14.5. The Morgan fingerprint density at radius 2 is 1.77 bits per heavy atom. The number of carbonyl (C=O) groups excluding carboxylic acids is 1. The van der Waals surface area contributed by atoms with Gasteiger partial charge in [-0.1, -0.05) is 0 Å². The first-order valence-corrected chi connectivity index (χ1v) is 12.9. The Hall–Kier alpha value is -1.94. The number of aryl methyl sites for hydroxylation is 1. The lowest BCUT2D eigenvalue weighted by Crippen LogP contribution is -2.66. The van der Waals surface area contributed by atoms with E-state index in [9.17, 15) is 13.6 Å². The predicted octanol–water partition coefficient (Wildman–Crippen LogP) is 4.09. The normalized spacial score (nSPS) is 25.9. The van der Waals surface area contributed by atoms with Crippen molar-refractivity contribution < 1.29 is 23.0 Å². The Morgan fingerprint density at radius 3 is 2.37 bits per heavy atom. The molecule has 0 aliphatic carbocycles. The van der Waals surface area contributed by atoms with Crippen molar-refractivity contribution in [2.45, 2.75) is 90.0 Å². The van der Waals surface area contributed by atoms with E-state index in [0.29, 0.717) is 51.3 Å². The summed E-state index contributed by atoms with van der Waals surface area (Å²) in [6.45, 7) is 13.4. The number of aromatic nitrogens is 2. The fourth-order valence-corrected chi connectivity index (χ4v) is 5.58. The van der Waals surface area contributed by atoms with E-state index in [1.165, 1.54) is 0 Å². The Bertz CT molecular complexity index is 875. The third-order valence-corrected chi connectivity index (χ3v) is 7.58. The fraction of sp³-hybridized carbons (Fsp3) is 0.840. The summed E-state index contributed by atoms with van der Waals surface area (Å²) in [5.74, 6) is 0.617. The summed E-state index contributed by atoms with van der Waals surface area (Å²) in [4.78, 5) is 18.2. The number of piperidine rings is 1. The van der Waals surface area contributed by atoms with Crippen molar-refractivity contribution in [3.05, 3.63) is 11.8 Å². The van der Waals surface area contributed by atoms with E-state index in [2.05, 4.69) is 4.90 Å². The molecule has 35 heavy (non-hydrogen) atoms. The summed E-state index contributed by atoms with van der Waals surface area (Å²) in [6.07, 6.45) is 0.524. The number of piperazine rings is 1. The van der Waals surface area contributed by atoms with Gasteiger partial charge in [-0.15, -0.1) is 0 Å². The number of hydrogen-bond acceptors (Lipinski definition) is 6. The molecule has 0 radical (unpaired) electrons. The first kappa shape index (κ1) is 26.1. The average molecular weight is 498 g/mol. The number of likely N-dealkylation sites (tertiary alicyclic amines) is 1. The zero-order valence-corrected chi connectivity index (χ0v) is 21.8. The van der Waals surface area contributed by atoms with E-state index < -0.39 is 17.6 Å².